The standard InChI is InChI=1S/C25H34O6/c1-23(2,3)22(26)29-13-12-24-10-11-25(30-14-15-31-25)16-18(24)8-6-17-7-9-19(27-4)21(28-5)20(17)24/h6-9,18H,10-16H2,1-5H3/t18-,24-/m1/s1. The molecule has 0 aromatic heterocycles. The zero-order valence-corrected chi connectivity index (χ0v) is 19.3. The SMILES string of the molecule is COc1ccc2c(c1OC)[C@@]1(CCOC(=O)C(C)(C)C)CCC3(C[C@H]1C=C2)OCCO3. The topological polar surface area (TPSA) is 63.2 Å². The molecule has 0 unspecified atom stereocenters. The van der Waals surface area contributed by atoms with E-state index in [2.05, 4.69) is 18.2 Å². The molecule has 2 atom stereocenters. The monoisotopic (exact) mass is 430 g/mol. The first kappa shape index (κ1) is 22.2. The second-order valence-corrected chi connectivity index (χ2v) is 9.83. The Morgan fingerprint density at radius 2 is 1.87 bits per heavy atom. The Morgan fingerprint density at radius 1 is 1.13 bits per heavy atom. The molecule has 2 aliphatic carbocycles. The second kappa shape index (κ2) is 8.14. The molecule has 0 bridgehead atoms. The molecule has 0 amide bonds. The van der Waals surface area contributed by atoms with E-state index in [0.717, 1.165) is 41.9 Å². The predicted octanol–water partition coefficient (Wildman–Crippen LogP) is 4.49. The molecule has 3 aliphatic rings. The fraction of sp³-hybridized carbons (Fsp3) is 0.640. The quantitative estimate of drug-likeness (QED) is 0.642. The van der Waals surface area contributed by atoms with Gasteiger partial charge in [0.2, 0.25) is 0 Å². The highest BCUT2D eigenvalue weighted by molar-refractivity contribution is 5.75. The minimum atomic E-state index is -0.523. The third kappa shape index (κ3) is 3.85. The van der Waals surface area contributed by atoms with Gasteiger partial charge >= 0.3 is 5.97 Å². The van der Waals surface area contributed by atoms with Crippen LogP contribution in [0, 0.1) is 11.3 Å². The fourth-order valence-corrected chi connectivity index (χ4v) is 5.35. The smallest absolute Gasteiger partial charge is 0.311 e. The minimum Gasteiger partial charge on any atom is -0.493 e. The average Bonchev–Trinajstić information content (AvgIpc) is 3.20. The van der Waals surface area contributed by atoms with Gasteiger partial charge in [-0.2, -0.15) is 0 Å². The van der Waals surface area contributed by atoms with Crippen LogP contribution in [0.4, 0.5) is 0 Å². The van der Waals surface area contributed by atoms with E-state index in [4.69, 9.17) is 23.7 Å². The van der Waals surface area contributed by atoms with Crippen molar-refractivity contribution in [3.8, 4) is 11.5 Å². The van der Waals surface area contributed by atoms with E-state index in [1.54, 1.807) is 14.2 Å². The molecule has 1 spiro atoms. The van der Waals surface area contributed by atoms with Crippen molar-refractivity contribution in [3.63, 3.8) is 0 Å². The van der Waals surface area contributed by atoms with Gasteiger partial charge in [0.1, 0.15) is 0 Å². The summed E-state index contributed by atoms with van der Waals surface area (Å²) >= 11 is 0. The summed E-state index contributed by atoms with van der Waals surface area (Å²) in [6.45, 7) is 7.27. The maximum absolute atomic E-state index is 12.4. The third-order valence-electron chi connectivity index (χ3n) is 6.98. The van der Waals surface area contributed by atoms with E-state index in [-0.39, 0.29) is 17.3 Å². The number of hydrogen-bond acceptors (Lipinski definition) is 6. The van der Waals surface area contributed by atoms with Gasteiger partial charge in [0, 0.05) is 23.8 Å². The molecule has 31 heavy (non-hydrogen) atoms. The summed E-state index contributed by atoms with van der Waals surface area (Å²) in [4.78, 5) is 12.4. The molecule has 0 N–H and O–H groups in total. The van der Waals surface area contributed by atoms with E-state index in [1.165, 1.54) is 0 Å². The Kier molecular flexibility index (Phi) is 5.81. The average molecular weight is 431 g/mol. The number of carbonyl (C=O) groups is 1. The number of hydrogen-bond donors (Lipinski definition) is 0. The Balaban J connectivity index is 1.72. The summed E-state index contributed by atoms with van der Waals surface area (Å²) in [6.07, 6.45) is 7.56. The van der Waals surface area contributed by atoms with Gasteiger partial charge in [-0.25, -0.2) is 0 Å². The van der Waals surface area contributed by atoms with Crippen LogP contribution in [0.15, 0.2) is 18.2 Å². The molecule has 0 radical (unpaired) electrons. The highest BCUT2D eigenvalue weighted by Crippen LogP contribution is 2.58. The number of ether oxygens (including phenoxy) is 5. The van der Waals surface area contributed by atoms with Gasteiger partial charge in [0.05, 0.1) is 39.5 Å². The summed E-state index contributed by atoms with van der Waals surface area (Å²) in [5.41, 5.74) is 1.49. The molecule has 2 fully saturated rings. The minimum absolute atomic E-state index is 0.181. The molecule has 1 saturated carbocycles. The van der Waals surface area contributed by atoms with Crippen LogP contribution in [0.25, 0.3) is 6.08 Å². The van der Waals surface area contributed by atoms with Gasteiger partial charge in [0.15, 0.2) is 17.3 Å². The zero-order chi connectivity index (χ0) is 22.3. The third-order valence-corrected chi connectivity index (χ3v) is 6.98. The van der Waals surface area contributed by atoms with Crippen LogP contribution in [0.1, 0.15) is 57.6 Å². The lowest BCUT2D eigenvalue weighted by Crippen LogP contribution is -2.50. The van der Waals surface area contributed by atoms with Crippen molar-refractivity contribution in [3.05, 3.63) is 29.3 Å². The summed E-state index contributed by atoms with van der Waals surface area (Å²) in [6, 6.07) is 4.03. The second-order valence-electron chi connectivity index (χ2n) is 9.83. The maximum atomic E-state index is 12.4. The molecule has 6 heteroatoms. The van der Waals surface area contributed by atoms with Crippen LogP contribution in [-0.2, 0) is 24.4 Å². The van der Waals surface area contributed by atoms with Crippen molar-refractivity contribution in [1.82, 2.24) is 0 Å². The van der Waals surface area contributed by atoms with E-state index >= 15 is 0 Å². The van der Waals surface area contributed by atoms with Crippen molar-refractivity contribution in [2.45, 2.75) is 57.7 Å². The maximum Gasteiger partial charge on any atom is 0.311 e. The van der Waals surface area contributed by atoms with E-state index in [9.17, 15) is 4.79 Å². The molecular weight excluding hydrogens is 396 g/mol. The van der Waals surface area contributed by atoms with Crippen molar-refractivity contribution in [2.24, 2.45) is 11.3 Å². The molecule has 1 heterocycles. The van der Waals surface area contributed by atoms with Crippen LogP contribution < -0.4 is 9.47 Å². The number of fused-ring (bicyclic) bond motifs is 3. The molecule has 1 saturated heterocycles. The van der Waals surface area contributed by atoms with Gasteiger partial charge in [-0.05, 0) is 51.2 Å². The summed E-state index contributed by atoms with van der Waals surface area (Å²) in [5.74, 6) is 0.973. The van der Waals surface area contributed by atoms with Crippen LogP contribution in [-0.4, -0.2) is 45.8 Å². The number of esters is 1. The lowest BCUT2D eigenvalue weighted by Gasteiger charge is -2.51. The molecule has 4 rings (SSSR count). The largest absolute Gasteiger partial charge is 0.493 e. The van der Waals surface area contributed by atoms with Crippen molar-refractivity contribution in [1.29, 1.82) is 0 Å². The number of methoxy groups -OCH3 is 2. The van der Waals surface area contributed by atoms with Gasteiger partial charge in [-0.1, -0.05) is 18.2 Å². The number of benzene rings is 1. The Hall–Kier alpha value is -2.05. The summed E-state index contributed by atoms with van der Waals surface area (Å²) in [7, 11) is 3.35. The Morgan fingerprint density at radius 3 is 2.52 bits per heavy atom. The summed E-state index contributed by atoms with van der Waals surface area (Å²) < 4.78 is 29.3. The first-order valence-electron chi connectivity index (χ1n) is 11.1. The first-order chi connectivity index (χ1) is 14.7. The van der Waals surface area contributed by atoms with Gasteiger partial charge in [-0.3, -0.25) is 4.79 Å². The number of carbonyl (C=O) groups excluding carboxylic acids is 1. The summed E-state index contributed by atoms with van der Waals surface area (Å²) in [5, 5.41) is 0. The molecule has 1 aromatic rings. The Bertz CT molecular complexity index is 861. The lowest BCUT2D eigenvalue weighted by molar-refractivity contribution is -0.195. The van der Waals surface area contributed by atoms with Gasteiger partial charge < -0.3 is 23.7 Å². The fourth-order valence-electron chi connectivity index (χ4n) is 5.35. The van der Waals surface area contributed by atoms with Crippen LogP contribution in [0.2, 0.25) is 0 Å². The molecule has 1 aromatic carbocycles. The first-order valence-corrected chi connectivity index (χ1v) is 11.1. The van der Waals surface area contributed by atoms with Crippen molar-refractivity contribution < 1.29 is 28.5 Å². The molecular formula is C25H34O6. The molecule has 1 aliphatic heterocycles. The van der Waals surface area contributed by atoms with Gasteiger partial charge in [0.25, 0.3) is 0 Å². The number of rotatable bonds is 5. The molecule has 6 nitrogen and oxygen atoms in total. The van der Waals surface area contributed by atoms with Crippen LogP contribution >= 0.6 is 0 Å². The molecule has 170 valence electrons. The zero-order valence-electron chi connectivity index (χ0n) is 19.3. The van der Waals surface area contributed by atoms with E-state index in [1.807, 2.05) is 26.8 Å². The Labute approximate surface area is 184 Å². The van der Waals surface area contributed by atoms with Crippen LogP contribution in [0.5, 0.6) is 11.5 Å². The van der Waals surface area contributed by atoms with E-state index < -0.39 is 11.2 Å². The van der Waals surface area contributed by atoms with E-state index in [0.29, 0.717) is 26.2 Å². The highest BCUT2D eigenvalue weighted by Gasteiger charge is 2.54. The van der Waals surface area contributed by atoms with Crippen LogP contribution in [0.3, 0.4) is 0 Å². The van der Waals surface area contributed by atoms with Crippen molar-refractivity contribution in [2.75, 3.05) is 34.0 Å². The highest BCUT2D eigenvalue weighted by atomic mass is 16.7. The van der Waals surface area contributed by atoms with Crippen molar-refractivity contribution >= 4 is 12.0 Å². The van der Waals surface area contributed by atoms with Gasteiger partial charge in [-0.15, -0.1) is 0 Å². The lowest BCUT2D eigenvalue weighted by atomic mass is 9.56. The normalized spacial score (nSPS) is 26.3. The predicted molar refractivity (Wildman–Crippen MR) is 117 cm³/mol. The number of allylic oxidation sites excluding steroid dienone is 1.